The van der Waals surface area contributed by atoms with E-state index in [0.717, 1.165) is 12.4 Å². The number of aromatic amines is 1. The second-order valence-corrected chi connectivity index (χ2v) is 1.64. The molecule has 1 heterocycles. The summed E-state index contributed by atoms with van der Waals surface area (Å²) < 4.78 is 0. The van der Waals surface area contributed by atoms with Gasteiger partial charge in [-0.3, -0.25) is 5.10 Å². The van der Waals surface area contributed by atoms with Crippen LogP contribution in [0.3, 0.4) is 0 Å². The summed E-state index contributed by atoms with van der Waals surface area (Å²) in [5, 5.41) is 9.55. The lowest BCUT2D eigenvalue weighted by Gasteiger charge is -1.94. The molecule has 0 aliphatic heterocycles. The molecule has 0 spiro atoms. The standard InChI is InChI=1S/C6H9N3/c1-2-4-7-6-3-5-8-9-6/h2-3,5H,1,4H2,(H2,7,8,9). The minimum absolute atomic E-state index is 0.766. The molecule has 0 aliphatic rings. The molecule has 48 valence electrons. The number of H-pyrrole nitrogens is 1. The highest BCUT2D eigenvalue weighted by Gasteiger charge is 1.85. The molecule has 1 aromatic heterocycles. The average Bonchev–Trinajstić information content (AvgIpc) is 2.34. The summed E-state index contributed by atoms with van der Waals surface area (Å²) in [5.41, 5.74) is 0. The third kappa shape index (κ3) is 1.60. The van der Waals surface area contributed by atoms with Crippen molar-refractivity contribution in [2.75, 3.05) is 11.9 Å². The van der Waals surface area contributed by atoms with E-state index in [9.17, 15) is 0 Å². The highest BCUT2D eigenvalue weighted by atomic mass is 15.2. The number of hydrogen-bond acceptors (Lipinski definition) is 2. The Hall–Kier alpha value is -1.25. The molecule has 0 saturated carbocycles. The molecule has 0 aliphatic carbocycles. The summed E-state index contributed by atoms with van der Waals surface area (Å²) in [5.74, 6) is 0.926. The molecule has 0 aromatic carbocycles. The Morgan fingerprint density at radius 2 is 2.78 bits per heavy atom. The largest absolute Gasteiger partial charge is 0.367 e. The number of hydrogen-bond donors (Lipinski definition) is 2. The average molecular weight is 123 g/mol. The zero-order valence-corrected chi connectivity index (χ0v) is 5.09. The van der Waals surface area contributed by atoms with Gasteiger partial charge in [-0.05, 0) is 6.07 Å². The zero-order chi connectivity index (χ0) is 6.53. The van der Waals surface area contributed by atoms with Gasteiger partial charge in [0.25, 0.3) is 0 Å². The Balaban J connectivity index is 2.38. The van der Waals surface area contributed by atoms with E-state index in [4.69, 9.17) is 0 Å². The summed E-state index contributed by atoms with van der Waals surface area (Å²) in [4.78, 5) is 0. The molecule has 3 nitrogen and oxygen atoms in total. The fraction of sp³-hybridized carbons (Fsp3) is 0.167. The van der Waals surface area contributed by atoms with Gasteiger partial charge in [-0.2, -0.15) is 5.10 Å². The van der Waals surface area contributed by atoms with Crippen molar-refractivity contribution in [1.29, 1.82) is 0 Å². The fourth-order valence-corrected chi connectivity index (χ4v) is 0.536. The molecule has 0 radical (unpaired) electrons. The number of aromatic nitrogens is 2. The van der Waals surface area contributed by atoms with Gasteiger partial charge in [0.1, 0.15) is 5.82 Å². The molecule has 1 aromatic rings. The smallest absolute Gasteiger partial charge is 0.121 e. The third-order valence-electron chi connectivity index (χ3n) is 0.938. The Kier molecular flexibility index (Phi) is 1.90. The SMILES string of the molecule is C=CCNc1ccn[nH]1. The molecule has 0 bridgehead atoms. The first-order valence-corrected chi connectivity index (χ1v) is 2.77. The van der Waals surface area contributed by atoms with E-state index in [1.54, 1.807) is 12.3 Å². The Morgan fingerprint density at radius 3 is 3.33 bits per heavy atom. The second-order valence-electron chi connectivity index (χ2n) is 1.64. The molecule has 1 rings (SSSR count). The molecular formula is C6H9N3. The molecular weight excluding hydrogens is 114 g/mol. The van der Waals surface area contributed by atoms with Crippen LogP contribution >= 0.6 is 0 Å². The van der Waals surface area contributed by atoms with Gasteiger partial charge in [-0.15, -0.1) is 6.58 Å². The topological polar surface area (TPSA) is 40.7 Å². The van der Waals surface area contributed by atoms with Crippen LogP contribution in [0.1, 0.15) is 0 Å². The molecule has 0 saturated heterocycles. The van der Waals surface area contributed by atoms with Crippen LogP contribution in [0.25, 0.3) is 0 Å². The predicted molar refractivity (Wildman–Crippen MR) is 37.3 cm³/mol. The van der Waals surface area contributed by atoms with E-state index >= 15 is 0 Å². The van der Waals surface area contributed by atoms with Crippen molar-refractivity contribution in [3.8, 4) is 0 Å². The van der Waals surface area contributed by atoms with Crippen LogP contribution in [0.4, 0.5) is 5.82 Å². The lowest BCUT2D eigenvalue weighted by atomic mass is 10.6. The molecule has 0 amide bonds. The van der Waals surface area contributed by atoms with Crippen LogP contribution in [-0.2, 0) is 0 Å². The third-order valence-corrected chi connectivity index (χ3v) is 0.938. The van der Waals surface area contributed by atoms with Crippen LogP contribution in [0.2, 0.25) is 0 Å². The summed E-state index contributed by atoms with van der Waals surface area (Å²) in [6.07, 6.45) is 3.49. The summed E-state index contributed by atoms with van der Waals surface area (Å²) >= 11 is 0. The van der Waals surface area contributed by atoms with Gasteiger partial charge in [0.15, 0.2) is 0 Å². The highest BCUT2D eigenvalue weighted by molar-refractivity contribution is 5.32. The van der Waals surface area contributed by atoms with Crippen molar-refractivity contribution in [3.05, 3.63) is 24.9 Å². The minimum Gasteiger partial charge on any atom is -0.367 e. The van der Waals surface area contributed by atoms with E-state index in [0.29, 0.717) is 0 Å². The van der Waals surface area contributed by atoms with Crippen LogP contribution in [-0.4, -0.2) is 16.7 Å². The molecule has 0 atom stereocenters. The number of rotatable bonds is 3. The van der Waals surface area contributed by atoms with E-state index < -0.39 is 0 Å². The van der Waals surface area contributed by atoms with E-state index in [1.807, 2.05) is 6.07 Å². The normalized spacial score (nSPS) is 8.89. The highest BCUT2D eigenvalue weighted by Crippen LogP contribution is 1.95. The maximum Gasteiger partial charge on any atom is 0.121 e. The van der Waals surface area contributed by atoms with Crippen molar-refractivity contribution in [3.63, 3.8) is 0 Å². The van der Waals surface area contributed by atoms with Gasteiger partial charge in [0.2, 0.25) is 0 Å². The molecule has 0 unspecified atom stereocenters. The van der Waals surface area contributed by atoms with Crippen molar-refractivity contribution >= 4 is 5.82 Å². The maximum absolute atomic E-state index is 3.75. The van der Waals surface area contributed by atoms with Crippen LogP contribution in [0.15, 0.2) is 24.9 Å². The molecule has 0 fully saturated rings. The van der Waals surface area contributed by atoms with Gasteiger partial charge in [-0.1, -0.05) is 6.08 Å². The summed E-state index contributed by atoms with van der Waals surface area (Å²) in [7, 11) is 0. The first kappa shape index (κ1) is 5.88. The number of nitrogens with one attached hydrogen (secondary N) is 2. The van der Waals surface area contributed by atoms with Gasteiger partial charge < -0.3 is 5.32 Å². The quantitative estimate of drug-likeness (QED) is 0.589. The van der Waals surface area contributed by atoms with Crippen molar-refractivity contribution in [2.45, 2.75) is 0 Å². The van der Waals surface area contributed by atoms with Crippen molar-refractivity contribution < 1.29 is 0 Å². The molecule has 3 heteroatoms. The Morgan fingerprint density at radius 1 is 1.89 bits per heavy atom. The van der Waals surface area contributed by atoms with Crippen LogP contribution in [0, 0.1) is 0 Å². The first-order chi connectivity index (χ1) is 4.43. The summed E-state index contributed by atoms with van der Waals surface area (Å²) in [6.45, 7) is 4.33. The van der Waals surface area contributed by atoms with E-state index in [2.05, 4.69) is 22.1 Å². The Labute approximate surface area is 53.8 Å². The fourth-order valence-electron chi connectivity index (χ4n) is 0.536. The summed E-state index contributed by atoms with van der Waals surface area (Å²) in [6, 6.07) is 1.86. The van der Waals surface area contributed by atoms with Crippen LogP contribution < -0.4 is 5.32 Å². The maximum atomic E-state index is 3.75. The van der Waals surface area contributed by atoms with Gasteiger partial charge in [-0.25, -0.2) is 0 Å². The number of nitrogens with zero attached hydrogens (tertiary/aromatic N) is 1. The van der Waals surface area contributed by atoms with E-state index in [-0.39, 0.29) is 0 Å². The van der Waals surface area contributed by atoms with Gasteiger partial charge >= 0.3 is 0 Å². The first-order valence-electron chi connectivity index (χ1n) is 2.77. The molecule has 2 N–H and O–H groups in total. The minimum atomic E-state index is 0.766. The lowest BCUT2D eigenvalue weighted by molar-refractivity contribution is 1.08. The predicted octanol–water partition coefficient (Wildman–Crippen LogP) is 1.01. The van der Waals surface area contributed by atoms with Crippen molar-refractivity contribution in [1.82, 2.24) is 10.2 Å². The van der Waals surface area contributed by atoms with Crippen LogP contribution in [0.5, 0.6) is 0 Å². The van der Waals surface area contributed by atoms with Gasteiger partial charge in [0, 0.05) is 6.54 Å². The number of anilines is 1. The lowest BCUT2D eigenvalue weighted by Crippen LogP contribution is -1.97. The Bertz CT molecular complexity index is 166. The zero-order valence-electron chi connectivity index (χ0n) is 5.09. The molecule has 9 heavy (non-hydrogen) atoms. The van der Waals surface area contributed by atoms with Crippen molar-refractivity contribution in [2.24, 2.45) is 0 Å². The van der Waals surface area contributed by atoms with E-state index in [1.165, 1.54) is 0 Å². The van der Waals surface area contributed by atoms with Gasteiger partial charge in [0.05, 0.1) is 6.20 Å². The second kappa shape index (κ2) is 2.91. The monoisotopic (exact) mass is 123 g/mol.